The van der Waals surface area contributed by atoms with Crippen LogP contribution in [0.1, 0.15) is 19.4 Å². The van der Waals surface area contributed by atoms with Crippen LogP contribution in [-0.2, 0) is 10.3 Å². The Morgan fingerprint density at radius 3 is 2.31 bits per heavy atom. The molecule has 1 rings (SSSR count). The van der Waals surface area contributed by atoms with Gasteiger partial charge in [-0.15, -0.1) is 0 Å². The summed E-state index contributed by atoms with van der Waals surface area (Å²) < 4.78 is 5.05. The summed E-state index contributed by atoms with van der Waals surface area (Å²) in [5.41, 5.74) is -1.51. The van der Waals surface area contributed by atoms with Crippen molar-refractivity contribution in [1.82, 2.24) is 0 Å². The first-order valence-corrected chi connectivity index (χ1v) is 5.16. The number of nitrogens with zero attached hydrogens (tertiary/aromatic N) is 1. The molecule has 0 saturated heterocycles. The molecule has 16 heavy (non-hydrogen) atoms. The number of methoxy groups -OCH3 is 1. The van der Waals surface area contributed by atoms with Gasteiger partial charge in [-0.3, -0.25) is 0 Å². The second-order valence-corrected chi connectivity index (χ2v) is 4.40. The maximum atomic E-state index is 10.7. The lowest BCUT2D eigenvalue weighted by molar-refractivity contribution is -0.0963. The third-order valence-electron chi connectivity index (χ3n) is 2.92. The molecule has 1 aromatic rings. The van der Waals surface area contributed by atoms with Crippen molar-refractivity contribution in [2.75, 3.05) is 13.7 Å². The Morgan fingerprint density at radius 1 is 1.31 bits per heavy atom. The highest BCUT2D eigenvalue weighted by atomic mass is 16.5. The van der Waals surface area contributed by atoms with Crippen molar-refractivity contribution in [2.24, 2.45) is 5.41 Å². The molecule has 1 aromatic carbocycles. The van der Waals surface area contributed by atoms with Gasteiger partial charge in [0.1, 0.15) is 5.60 Å². The van der Waals surface area contributed by atoms with E-state index >= 15 is 0 Å². The lowest BCUT2D eigenvalue weighted by atomic mass is 9.72. The molecule has 0 heterocycles. The molecule has 1 N–H and O–H groups in total. The zero-order valence-corrected chi connectivity index (χ0v) is 9.90. The molecule has 1 unspecified atom stereocenters. The van der Waals surface area contributed by atoms with Crippen molar-refractivity contribution in [3.63, 3.8) is 0 Å². The summed E-state index contributed by atoms with van der Waals surface area (Å²) in [4.78, 5) is 0. The average Bonchev–Trinajstić information content (AvgIpc) is 2.30. The molecule has 0 aliphatic carbocycles. The van der Waals surface area contributed by atoms with Gasteiger partial charge in [0.2, 0.25) is 0 Å². The predicted octanol–water partition coefficient (Wildman–Crippen LogP) is 2.07. The molecule has 0 bridgehead atoms. The average molecular weight is 219 g/mol. The van der Waals surface area contributed by atoms with E-state index in [9.17, 15) is 5.11 Å². The second kappa shape index (κ2) is 4.65. The van der Waals surface area contributed by atoms with Crippen LogP contribution in [0, 0.1) is 16.7 Å². The van der Waals surface area contributed by atoms with Gasteiger partial charge >= 0.3 is 0 Å². The highest BCUT2D eigenvalue weighted by Crippen LogP contribution is 2.39. The van der Waals surface area contributed by atoms with Crippen molar-refractivity contribution in [3.05, 3.63) is 35.9 Å². The smallest absolute Gasteiger partial charge is 0.131 e. The van der Waals surface area contributed by atoms with Gasteiger partial charge in [0.25, 0.3) is 0 Å². The maximum absolute atomic E-state index is 10.7. The number of rotatable bonds is 4. The SMILES string of the molecule is COCC(O)(c1ccccc1)C(C)(C)C#N. The molecule has 3 heteroatoms. The number of benzene rings is 1. The van der Waals surface area contributed by atoms with Crippen LogP contribution < -0.4 is 0 Å². The van der Waals surface area contributed by atoms with Gasteiger partial charge in [0.15, 0.2) is 0 Å². The Morgan fingerprint density at radius 2 is 1.88 bits per heavy atom. The van der Waals surface area contributed by atoms with Crippen molar-refractivity contribution in [3.8, 4) is 6.07 Å². The van der Waals surface area contributed by atoms with Gasteiger partial charge in [-0.05, 0) is 19.4 Å². The van der Waals surface area contributed by atoms with Gasteiger partial charge in [-0.1, -0.05) is 30.3 Å². The largest absolute Gasteiger partial charge is 0.381 e. The molecular weight excluding hydrogens is 202 g/mol. The third-order valence-corrected chi connectivity index (χ3v) is 2.92. The van der Waals surface area contributed by atoms with Crippen LogP contribution in [0.5, 0.6) is 0 Å². The zero-order valence-electron chi connectivity index (χ0n) is 9.90. The van der Waals surface area contributed by atoms with Crippen molar-refractivity contribution >= 4 is 0 Å². The quantitative estimate of drug-likeness (QED) is 0.843. The fourth-order valence-corrected chi connectivity index (χ4v) is 1.64. The highest BCUT2D eigenvalue weighted by molar-refractivity contribution is 5.28. The van der Waals surface area contributed by atoms with Crippen LogP contribution >= 0.6 is 0 Å². The molecule has 1 atom stereocenters. The van der Waals surface area contributed by atoms with Crippen LogP contribution in [0.4, 0.5) is 0 Å². The minimum absolute atomic E-state index is 0.0948. The van der Waals surface area contributed by atoms with Crippen LogP contribution in [0.15, 0.2) is 30.3 Å². The zero-order chi connectivity index (χ0) is 12.2. The van der Waals surface area contributed by atoms with Crippen LogP contribution in [0.25, 0.3) is 0 Å². The van der Waals surface area contributed by atoms with Gasteiger partial charge in [0.05, 0.1) is 18.1 Å². The van der Waals surface area contributed by atoms with Gasteiger partial charge in [-0.2, -0.15) is 5.26 Å². The molecule has 3 nitrogen and oxygen atoms in total. The van der Waals surface area contributed by atoms with E-state index in [4.69, 9.17) is 10.00 Å². The molecule has 0 fully saturated rings. The molecule has 0 spiro atoms. The number of hydrogen-bond donors (Lipinski definition) is 1. The summed E-state index contributed by atoms with van der Waals surface area (Å²) in [5.74, 6) is 0. The van der Waals surface area contributed by atoms with Gasteiger partial charge < -0.3 is 9.84 Å². The minimum atomic E-state index is -1.29. The summed E-state index contributed by atoms with van der Waals surface area (Å²) in [6, 6.07) is 11.3. The third kappa shape index (κ3) is 2.08. The van der Waals surface area contributed by atoms with E-state index in [1.807, 2.05) is 18.2 Å². The van der Waals surface area contributed by atoms with Crippen molar-refractivity contribution < 1.29 is 9.84 Å². The molecule has 0 radical (unpaired) electrons. The first-order chi connectivity index (χ1) is 7.48. The Hall–Kier alpha value is -1.37. The van der Waals surface area contributed by atoms with Crippen LogP contribution in [0.2, 0.25) is 0 Å². The van der Waals surface area contributed by atoms with E-state index in [0.717, 1.165) is 0 Å². The summed E-state index contributed by atoms with van der Waals surface area (Å²) in [6.07, 6.45) is 0. The predicted molar refractivity (Wildman–Crippen MR) is 61.6 cm³/mol. The lowest BCUT2D eigenvalue weighted by Crippen LogP contribution is -2.44. The first-order valence-electron chi connectivity index (χ1n) is 5.16. The number of ether oxygens (including phenoxy) is 1. The Kier molecular flexibility index (Phi) is 3.69. The van der Waals surface area contributed by atoms with E-state index in [1.165, 1.54) is 7.11 Å². The first kappa shape index (κ1) is 12.7. The summed E-state index contributed by atoms with van der Waals surface area (Å²) in [7, 11) is 1.52. The monoisotopic (exact) mass is 219 g/mol. The number of aliphatic hydroxyl groups is 1. The molecule has 0 aliphatic heterocycles. The molecule has 0 saturated carbocycles. The minimum Gasteiger partial charge on any atom is -0.381 e. The van der Waals surface area contributed by atoms with Gasteiger partial charge in [-0.25, -0.2) is 0 Å². The van der Waals surface area contributed by atoms with E-state index in [-0.39, 0.29) is 6.61 Å². The molecule has 0 amide bonds. The normalized spacial score (nSPS) is 15.2. The number of hydrogen-bond acceptors (Lipinski definition) is 3. The Bertz CT molecular complexity index is 381. The van der Waals surface area contributed by atoms with Crippen molar-refractivity contribution in [1.29, 1.82) is 5.26 Å². The second-order valence-electron chi connectivity index (χ2n) is 4.40. The number of nitriles is 1. The fourth-order valence-electron chi connectivity index (χ4n) is 1.64. The Labute approximate surface area is 96.3 Å². The van der Waals surface area contributed by atoms with Crippen LogP contribution in [0.3, 0.4) is 0 Å². The summed E-state index contributed by atoms with van der Waals surface area (Å²) >= 11 is 0. The summed E-state index contributed by atoms with van der Waals surface area (Å²) in [5, 5.41) is 19.8. The van der Waals surface area contributed by atoms with E-state index in [0.29, 0.717) is 5.56 Å². The molecular formula is C13H17NO2. The van der Waals surface area contributed by atoms with Gasteiger partial charge in [0, 0.05) is 7.11 Å². The highest BCUT2D eigenvalue weighted by Gasteiger charge is 2.45. The fraction of sp³-hybridized carbons (Fsp3) is 0.462. The molecule has 86 valence electrons. The van der Waals surface area contributed by atoms with E-state index < -0.39 is 11.0 Å². The summed E-state index contributed by atoms with van der Waals surface area (Å²) in [6.45, 7) is 3.51. The Balaban J connectivity index is 3.23. The molecule has 0 aromatic heterocycles. The maximum Gasteiger partial charge on any atom is 0.131 e. The van der Waals surface area contributed by atoms with Crippen LogP contribution in [-0.4, -0.2) is 18.8 Å². The standard InChI is InChI=1S/C13H17NO2/c1-12(2,9-14)13(15,10-16-3)11-7-5-4-6-8-11/h4-8,15H,10H2,1-3H3. The topological polar surface area (TPSA) is 53.2 Å². The van der Waals surface area contributed by atoms with E-state index in [2.05, 4.69) is 6.07 Å². The molecule has 0 aliphatic rings. The van der Waals surface area contributed by atoms with E-state index in [1.54, 1.807) is 26.0 Å². The van der Waals surface area contributed by atoms with Crippen molar-refractivity contribution in [2.45, 2.75) is 19.4 Å². The lowest BCUT2D eigenvalue weighted by Gasteiger charge is -2.37.